The summed E-state index contributed by atoms with van der Waals surface area (Å²) in [5.41, 5.74) is 2.52. The predicted octanol–water partition coefficient (Wildman–Crippen LogP) is 2.04. The topological polar surface area (TPSA) is 29.9 Å². The quantitative estimate of drug-likeness (QED) is 0.796. The van der Waals surface area contributed by atoms with Crippen LogP contribution >= 0.6 is 0 Å². The first-order chi connectivity index (χ1) is 6.50. The summed E-state index contributed by atoms with van der Waals surface area (Å²) >= 11 is 0. The summed E-state index contributed by atoms with van der Waals surface area (Å²) in [6.45, 7) is 9.58. The molecule has 0 atom stereocenters. The average Bonchev–Trinajstić information content (AvgIpc) is 2.43. The van der Waals surface area contributed by atoms with Crippen molar-refractivity contribution in [3.05, 3.63) is 17.5 Å². The Balaban J connectivity index is 2.74. The zero-order valence-corrected chi connectivity index (χ0v) is 9.83. The highest BCUT2D eigenvalue weighted by atomic mass is 15.3. The lowest BCUT2D eigenvalue weighted by Gasteiger charge is -2.08. The molecule has 0 fully saturated rings. The molecule has 1 aromatic rings. The third kappa shape index (κ3) is 2.84. The summed E-state index contributed by atoms with van der Waals surface area (Å²) in [5, 5.41) is 7.85. The zero-order valence-electron chi connectivity index (χ0n) is 9.83. The van der Waals surface area contributed by atoms with Crippen LogP contribution in [0.4, 0.5) is 0 Å². The van der Waals surface area contributed by atoms with E-state index < -0.39 is 0 Å². The van der Waals surface area contributed by atoms with Crippen LogP contribution in [0.3, 0.4) is 0 Å². The Kier molecular flexibility index (Phi) is 3.69. The van der Waals surface area contributed by atoms with Gasteiger partial charge in [0.15, 0.2) is 0 Å². The second-order valence-electron chi connectivity index (χ2n) is 4.40. The van der Waals surface area contributed by atoms with E-state index in [9.17, 15) is 0 Å². The highest BCUT2D eigenvalue weighted by Gasteiger charge is 2.10. The number of hydrogen-bond acceptors (Lipinski definition) is 2. The molecular weight excluding hydrogens is 174 g/mol. The summed E-state index contributed by atoms with van der Waals surface area (Å²) in [5.74, 6) is 0.549. The summed E-state index contributed by atoms with van der Waals surface area (Å²) < 4.78 is 1.90. The van der Waals surface area contributed by atoms with E-state index >= 15 is 0 Å². The molecule has 1 rings (SSSR count). The van der Waals surface area contributed by atoms with Crippen LogP contribution in [0.25, 0.3) is 0 Å². The first-order valence-electron chi connectivity index (χ1n) is 5.26. The highest BCUT2D eigenvalue weighted by Crippen LogP contribution is 2.17. The largest absolute Gasteiger partial charge is 0.309 e. The van der Waals surface area contributed by atoms with E-state index in [0.717, 1.165) is 6.54 Å². The van der Waals surface area contributed by atoms with Crippen molar-refractivity contribution in [1.82, 2.24) is 15.1 Å². The van der Waals surface area contributed by atoms with Gasteiger partial charge in [-0.05, 0) is 11.5 Å². The van der Waals surface area contributed by atoms with Gasteiger partial charge in [0.1, 0.15) is 0 Å². The fraction of sp³-hybridized carbons (Fsp3) is 0.727. The van der Waals surface area contributed by atoms with E-state index in [1.54, 1.807) is 0 Å². The smallest absolute Gasteiger partial charge is 0.0796 e. The zero-order chi connectivity index (χ0) is 10.7. The summed E-state index contributed by atoms with van der Waals surface area (Å²) in [6.07, 6.45) is 2.11. The van der Waals surface area contributed by atoms with Gasteiger partial charge >= 0.3 is 0 Å². The first-order valence-corrected chi connectivity index (χ1v) is 5.26. The van der Waals surface area contributed by atoms with Gasteiger partial charge in [-0.15, -0.1) is 0 Å². The second-order valence-corrected chi connectivity index (χ2v) is 4.40. The number of aromatic nitrogens is 2. The summed E-state index contributed by atoms with van der Waals surface area (Å²) in [4.78, 5) is 0. The SMILES string of the molecule is CC(C)NCc1nn(C)cc1C(C)C. The Bertz CT molecular complexity index is 287. The molecule has 80 valence electrons. The van der Waals surface area contributed by atoms with Crippen LogP contribution in [-0.2, 0) is 13.6 Å². The minimum absolute atomic E-state index is 0.511. The van der Waals surface area contributed by atoms with Crippen molar-refractivity contribution < 1.29 is 0 Å². The third-order valence-electron chi connectivity index (χ3n) is 2.24. The molecule has 0 aromatic carbocycles. The van der Waals surface area contributed by atoms with E-state index in [4.69, 9.17) is 0 Å². The first kappa shape index (κ1) is 11.2. The van der Waals surface area contributed by atoms with Crippen LogP contribution in [0.1, 0.15) is 44.9 Å². The van der Waals surface area contributed by atoms with Crippen molar-refractivity contribution >= 4 is 0 Å². The lowest BCUT2D eigenvalue weighted by atomic mass is 10.0. The molecule has 0 saturated carbocycles. The fourth-order valence-electron chi connectivity index (χ4n) is 1.47. The lowest BCUT2D eigenvalue weighted by molar-refractivity contribution is 0.571. The Morgan fingerprint density at radius 3 is 2.50 bits per heavy atom. The number of hydrogen-bond donors (Lipinski definition) is 1. The molecule has 1 N–H and O–H groups in total. The normalized spacial score (nSPS) is 11.6. The molecule has 0 aliphatic heterocycles. The van der Waals surface area contributed by atoms with Crippen LogP contribution < -0.4 is 5.32 Å². The van der Waals surface area contributed by atoms with Crippen LogP contribution in [0.15, 0.2) is 6.20 Å². The van der Waals surface area contributed by atoms with Crippen molar-refractivity contribution in [1.29, 1.82) is 0 Å². The van der Waals surface area contributed by atoms with Gasteiger partial charge in [0.2, 0.25) is 0 Å². The Hall–Kier alpha value is -0.830. The standard InChI is InChI=1S/C11H21N3/c1-8(2)10-7-14(5)13-11(10)6-12-9(3)4/h7-9,12H,6H2,1-5H3. The number of aryl methyl sites for hydroxylation is 1. The van der Waals surface area contributed by atoms with Gasteiger partial charge in [0.05, 0.1) is 5.69 Å². The van der Waals surface area contributed by atoms with Crippen LogP contribution in [0.2, 0.25) is 0 Å². The predicted molar refractivity (Wildman–Crippen MR) is 59.3 cm³/mol. The fourth-order valence-corrected chi connectivity index (χ4v) is 1.47. The number of rotatable bonds is 4. The van der Waals surface area contributed by atoms with Gasteiger partial charge in [-0.25, -0.2) is 0 Å². The molecule has 14 heavy (non-hydrogen) atoms. The minimum Gasteiger partial charge on any atom is -0.309 e. The Labute approximate surface area is 86.5 Å². The molecule has 0 aliphatic carbocycles. The van der Waals surface area contributed by atoms with Gasteiger partial charge in [0.25, 0.3) is 0 Å². The van der Waals surface area contributed by atoms with Crippen molar-refractivity contribution in [2.24, 2.45) is 7.05 Å². The van der Waals surface area contributed by atoms with Crippen molar-refractivity contribution in [3.8, 4) is 0 Å². The molecule has 1 aromatic heterocycles. The van der Waals surface area contributed by atoms with Gasteiger partial charge in [-0.3, -0.25) is 4.68 Å². The molecule has 0 aliphatic rings. The lowest BCUT2D eigenvalue weighted by Crippen LogP contribution is -2.22. The van der Waals surface area contributed by atoms with Gasteiger partial charge in [-0.1, -0.05) is 27.7 Å². The van der Waals surface area contributed by atoms with Gasteiger partial charge in [-0.2, -0.15) is 5.10 Å². The third-order valence-corrected chi connectivity index (χ3v) is 2.24. The molecule has 3 nitrogen and oxygen atoms in total. The monoisotopic (exact) mass is 195 g/mol. The van der Waals surface area contributed by atoms with Crippen molar-refractivity contribution in [2.45, 2.75) is 46.2 Å². The molecule has 0 bridgehead atoms. The maximum Gasteiger partial charge on any atom is 0.0796 e. The molecular formula is C11H21N3. The van der Waals surface area contributed by atoms with E-state index in [1.807, 2.05) is 11.7 Å². The van der Waals surface area contributed by atoms with Crippen LogP contribution in [0.5, 0.6) is 0 Å². The highest BCUT2D eigenvalue weighted by molar-refractivity contribution is 5.20. The molecule has 0 saturated heterocycles. The van der Waals surface area contributed by atoms with E-state index in [-0.39, 0.29) is 0 Å². The maximum atomic E-state index is 4.46. The van der Waals surface area contributed by atoms with E-state index in [1.165, 1.54) is 11.3 Å². The average molecular weight is 195 g/mol. The molecule has 0 radical (unpaired) electrons. The van der Waals surface area contributed by atoms with Crippen LogP contribution in [-0.4, -0.2) is 15.8 Å². The Morgan fingerprint density at radius 2 is 2.00 bits per heavy atom. The number of nitrogens with one attached hydrogen (secondary N) is 1. The molecule has 0 amide bonds. The Morgan fingerprint density at radius 1 is 1.36 bits per heavy atom. The van der Waals surface area contributed by atoms with E-state index in [0.29, 0.717) is 12.0 Å². The molecule has 1 heterocycles. The maximum absolute atomic E-state index is 4.46. The molecule has 3 heteroatoms. The van der Waals surface area contributed by atoms with Crippen molar-refractivity contribution in [3.63, 3.8) is 0 Å². The summed E-state index contributed by atoms with van der Waals surface area (Å²) in [6, 6.07) is 0.511. The molecule has 0 unspecified atom stereocenters. The summed E-state index contributed by atoms with van der Waals surface area (Å²) in [7, 11) is 1.98. The number of nitrogens with zero attached hydrogens (tertiary/aromatic N) is 2. The van der Waals surface area contributed by atoms with E-state index in [2.05, 4.69) is 44.3 Å². The van der Waals surface area contributed by atoms with Crippen LogP contribution in [0, 0.1) is 0 Å². The van der Waals surface area contributed by atoms with Crippen molar-refractivity contribution in [2.75, 3.05) is 0 Å². The minimum atomic E-state index is 0.511. The molecule has 0 spiro atoms. The van der Waals surface area contributed by atoms with Gasteiger partial charge in [0, 0.05) is 25.8 Å². The van der Waals surface area contributed by atoms with Gasteiger partial charge < -0.3 is 5.32 Å². The second kappa shape index (κ2) is 4.60.